The molecule has 108 valence electrons. The highest BCUT2D eigenvalue weighted by molar-refractivity contribution is 5.30. The fourth-order valence-corrected chi connectivity index (χ4v) is 2.67. The minimum absolute atomic E-state index is 0.349. The topological polar surface area (TPSA) is 48.3 Å². The first-order chi connectivity index (χ1) is 9.06. The number of aromatic nitrogens is 2. The Balaban J connectivity index is 1.92. The number of ether oxygens (including phenoxy) is 2. The molecule has 5 heteroatoms. The van der Waals surface area contributed by atoms with E-state index in [-0.39, 0.29) is 0 Å². The lowest BCUT2D eigenvalue weighted by Gasteiger charge is -2.33. The minimum atomic E-state index is 0.349. The quantitative estimate of drug-likeness (QED) is 0.881. The molecule has 1 aromatic heterocycles. The van der Waals surface area contributed by atoms with E-state index in [0.29, 0.717) is 5.41 Å². The summed E-state index contributed by atoms with van der Waals surface area (Å²) in [6.45, 7) is 7.93. The van der Waals surface area contributed by atoms with Gasteiger partial charge in [0.05, 0.1) is 18.4 Å². The molecule has 0 atom stereocenters. The van der Waals surface area contributed by atoms with E-state index in [1.807, 2.05) is 14.0 Å². The summed E-state index contributed by atoms with van der Waals surface area (Å²) in [6, 6.07) is 0. The van der Waals surface area contributed by atoms with Crippen LogP contribution >= 0.6 is 0 Å². The van der Waals surface area contributed by atoms with Crippen molar-refractivity contribution in [3.63, 3.8) is 0 Å². The van der Waals surface area contributed by atoms with Gasteiger partial charge in [-0.15, -0.1) is 0 Å². The van der Waals surface area contributed by atoms with E-state index in [1.165, 1.54) is 0 Å². The molecule has 1 fully saturated rings. The molecule has 0 bridgehead atoms. The third-order valence-electron chi connectivity index (χ3n) is 4.04. The molecular formula is C14H25N3O2. The molecule has 1 aromatic rings. The Morgan fingerprint density at radius 2 is 2.11 bits per heavy atom. The molecular weight excluding hydrogens is 242 g/mol. The second-order valence-electron chi connectivity index (χ2n) is 5.72. The fourth-order valence-electron chi connectivity index (χ4n) is 2.67. The lowest BCUT2D eigenvalue weighted by molar-refractivity contribution is 0.0240. The average Bonchev–Trinajstić information content (AvgIpc) is 2.64. The first-order valence-electron chi connectivity index (χ1n) is 6.91. The van der Waals surface area contributed by atoms with Gasteiger partial charge in [0.1, 0.15) is 0 Å². The molecule has 19 heavy (non-hydrogen) atoms. The highest BCUT2D eigenvalue weighted by atomic mass is 16.5. The van der Waals surface area contributed by atoms with Crippen LogP contribution in [0.5, 0.6) is 5.88 Å². The average molecular weight is 267 g/mol. The Bertz CT molecular complexity index is 423. The predicted molar refractivity (Wildman–Crippen MR) is 74.4 cm³/mol. The van der Waals surface area contributed by atoms with Crippen molar-refractivity contribution in [2.75, 3.05) is 26.9 Å². The summed E-state index contributed by atoms with van der Waals surface area (Å²) in [4.78, 5) is 0. The zero-order valence-electron chi connectivity index (χ0n) is 12.5. The van der Waals surface area contributed by atoms with Crippen molar-refractivity contribution >= 4 is 0 Å². The molecule has 2 rings (SSSR count). The second kappa shape index (κ2) is 5.92. The Morgan fingerprint density at radius 1 is 1.42 bits per heavy atom. The third-order valence-corrected chi connectivity index (χ3v) is 4.04. The largest absolute Gasteiger partial charge is 0.481 e. The number of hydrogen-bond donors (Lipinski definition) is 1. The van der Waals surface area contributed by atoms with Crippen molar-refractivity contribution in [2.45, 2.75) is 33.2 Å². The Hall–Kier alpha value is -1.07. The summed E-state index contributed by atoms with van der Waals surface area (Å²) < 4.78 is 12.6. The van der Waals surface area contributed by atoms with Gasteiger partial charge in [-0.1, -0.05) is 6.92 Å². The molecule has 0 radical (unpaired) electrons. The van der Waals surface area contributed by atoms with Crippen LogP contribution in [-0.2, 0) is 18.3 Å². The molecule has 1 N–H and O–H groups in total. The van der Waals surface area contributed by atoms with Gasteiger partial charge in [0.15, 0.2) is 0 Å². The summed E-state index contributed by atoms with van der Waals surface area (Å²) >= 11 is 0. The number of methoxy groups -OCH3 is 1. The SMILES string of the molecule is COc1c(CNCC2(C)CCOCC2)c(C)nn1C. The lowest BCUT2D eigenvalue weighted by atomic mass is 9.82. The van der Waals surface area contributed by atoms with Crippen LogP contribution in [0.15, 0.2) is 0 Å². The summed E-state index contributed by atoms with van der Waals surface area (Å²) in [5.74, 6) is 0.849. The van der Waals surface area contributed by atoms with E-state index >= 15 is 0 Å². The maximum atomic E-state index is 5.43. The van der Waals surface area contributed by atoms with Crippen LogP contribution in [0.3, 0.4) is 0 Å². The van der Waals surface area contributed by atoms with Crippen molar-refractivity contribution < 1.29 is 9.47 Å². The van der Waals surface area contributed by atoms with Gasteiger partial charge in [0.2, 0.25) is 5.88 Å². The lowest BCUT2D eigenvalue weighted by Crippen LogP contribution is -2.36. The van der Waals surface area contributed by atoms with Crippen LogP contribution in [0.2, 0.25) is 0 Å². The molecule has 0 aliphatic carbocycles. The van der Waals surface area contributed by atoms with E-state index in [0.717, 1.165) is 56.3 Å². The Labute approximate surface area is 115 Å². The summed E-state index contributed by atoms with van der Waals surface area (Å²) in [7, 11) is 3.61. The van der Waals surface area contributed by atoms with Crippen molar-refractivity contribution in [2.24, 2.45) is 12.5 Å². The van der Waals surface area contributed by atoms with Crippen LogP contribution in [0.1, 0.15) is 31.0 Å². The van der Waals surface area contributed by atoms with Gasteiger partial charge in [-0.05, 0) is 25.2 Å². The molecule has 5 nitrogen and oxygen atoms in total. The molecule has 1 aliphatic rings. The second-order valence-corrected chi connectivity index (χ2v) is 5.72. The van der Waals surface area contributed by atoms with Crippen molar-refractivity contribution in [1.29, 1.82) is 0 Å². The molecule has 1 aliphatic heterocycles. The van der Waals surface area contributed by atoms with E-state index in [9.17, 15) is 0 Å². The zero-order chi connectivity index (χ0) is 13.9. The molecule has 0 unspecified atom stereocenters. The number of nitrogens with one attached hydrogen (secondary N) is 1. The minimum Gasteiger partial charge on any atom is -0.481 e. The van der Waals surface area contributed by atoms with Gasteiger partial charge >= 0.3 is 0 Å². The molecule has 0 aromatic carbocycles. The van der Waals surface area contributed by atoms with E-state index in [4.69, 9.17) is 9.47 Å². The summed E-state index contributed by atoms with van der Waals surface area (Å²) in [5.41, 5.74) is 2.53. The third kappa shape index (κ3) is 3.28. The highest BCUT2D eigenvalue weighted by Crippen LogP contribution is 2.29. The Morgan fingerprint density at radius 3 is 2.74 bits per heavy atom. The van der Waals surface area contributed by atoms with Crippen LogP contribution in [0.4, 0.5) is 0 Å². The normalized spacial score (nSPS) is 18.5. The summed E-state index contributed by atoms with van der Waals surface area (Å²) in [5, 5.41) is 7.95. The van der Waals surface area contributed by atoms with Gasteiger partial charge < -0.3 is 14.8 Å². The first-order valence-corrected chi connectivity index (χ1v) is 6.91. The fraction of sp³-hybridized carbons (Fsp3) is 0.786. The van der Waals surface area contributed by atoms with Crippen LogP contribution in [-0.4, -0.2) is 36.6 Å². The molecule has 1 saturated heterocycles. The molecule has 0 saturated carbocycles. The Kier molecular flexibility index (Phi) is 4.47. The predicted octanol–water partition coefficient (Wildman–Crippen LogP) is 1.64. The number of aryl methyl sites for hydroxylation is 2. The smallest absolute Gasteiger partial charge is 0.216 e. The maximum Gasteiger partial charge on any atom is 0.216 e. The number of nitrogens with zero attached hydrogens (tertiary/aromatic N) is 2. The zero-order valence-corrected chi connectivity index (χ0v) is 12.5. The van der Waals surface area contributed by atoms with E-state index in [1.54, 1.807) is 11.8 Å². The van der Waals surface area contributed by atoms with Gasteiger partial charge in [-0.3, -0.25) is 0 Å². The van der Waals surface area contributed by atoms with Crippen molar-refractivity contribution in [1.82, 2.24) is 15.1 Å². The van der Waals surface area contributed by atoms with Gasteiger partial charge in [0.25, 0.3) is 0 Å². The van der Waals surface area contributed by atoms with Gasteiger partial charge in [-0.25, -0.2) is 4.68 Å². The first kappa shape index (κ1) is 14.3. The molecule has 0 spiro atoms. The van der Waals surface area contributed by atoms with Crippen LogP contribution < -0.4 is 10.1 Å². The highest BCUT2D eigenvalue weighted by Gasteiger charge is 2.27. The van der Waals surface area contributed by atoms with Crippen molar-refractivity contribution in [3.05, 3.63) is 11.3 Å². The maximum absolute atomic E-state index is 5.43. The standard InChI is InChI=1S/C14H25N3O2/c1-11-12(13(18-4)17(3)16-11)9-15-10-14(2)5-7-19-8-6-14/h15H,5-10H2,1-4H3. The van der Waals surface area contributed by atoms with Crippen LogP contribution in [0.25, 0.3) is 0 Å². The number of hydrogen-bond acceptors (Lipinski definition) is 4. The van der Waals surface area contributed by atoms with Crippen molar-refractivity contribution in [3.8, 4) is 5.88 Å². The monoisotopic (exact) mass is 267 g/mol. The van der Waals surface area contributed by atoms with E-state index in [2.05, 4.69) is 17.3 Å². The molecule has 0 amide bonds. The van der Waals surface area contributed by atoms with Gasteiger partial charge in [0, 0.05) is 33.4 Å². The number of rotatable bonds is 5. The van der Waals surface area contributed by atoms with Gasteiger partial charge in [-0.2, -0.15) is 5.10 Å². The van der Waals surface area contributed by atoms with E-state index < -0.39 is 0 Å². The molecule has 2 heterocycles. The summed E-state index contributed by atoms with van der Waals surface area (Å²) in [6.07, 6.45) is 2.26. The van der Waals surface area contributed by atoms with Crippen LogP contribution in [0, 0.1) is 12.3 Å².